The molecule has 0 radical (unpaired) electrons. The van der Waals surface area contributed by atoms with Gasteiger partial charge in [-0.3, -0.25) is 14.9 Å². The highest BCUT2D eigenvalue weighted by Crippen LogP contribution is 2.32. The van der Waals surface area contributed by atoms with Crippen LogP contribution in [-0.2, 0) is 11.5 Å². The predicted molar refractivity (Wildman–Crippen MR) is 139 cm³/mol. The first-order valence-corrected chi connectivity index (χ1v) is 12.7. The van der Waals surface area contributed by atoms with Gasteiger partial charge >= 0.3 is 0 Å². The molecule has 1 saturated heterocycles. The fourth-order valence-electron chi connectivity index (χ4n) is 4.36. The molecule has 1 aromatic heterocycles. The Morgan fingerprint density at radius 1 is 0.886 bits per heavy atom. The second-order valence-corrected chi connectivity index (χ2v) is 9.42. The number of fused-ring (bicyclic) bond motifs is 1. The lowest BCUT2D eigenvalue weighted by Crippen LogP contribution is -2.48. The topological polar surface area (TPSA) is 79.8 Å². The lowest BCUT2D eigenvalue weighted by molar-refractivity contribution is -0.384. The van der Waals surface area contributed by atoms with E-state index in [-0.39, 0.29) is 11.6 Å². The third kappa shape index (κ3) is 5.02. The van der Waals surface area contributed by atoms with Gasteiger partial charge in [0.15, 0.2) is 5.76 Å². The van der Waals surface area contributed by atoms with Crippen molar-refractivity contribution >= 4 is 40.0 Å². The molecule has 1 fully saturated rings. The first-order chi connectivity index (χ1) is 17.1. The summed E-state index contributed by atoms with van der Waals surface area (Å²) in [6.07, 6.45) is 0. The Balaban J connectivity index is 1.29. The van der Waals surface area contributed by atoms with Gasteiger partial charge in [-0.05, 0) is 23.8 Å². The number of rotatable bonds is 7. The minimum Gasteiger partial charge on any atom is -0.451 e. The van der Waals surface area contributed by atoms with Gasteiger partial charge in [-0.25, -0.2) is 0 Å². The molecular formula is C27H25N3O4S. The summed E-state index contributed by atoms with van der Waals surface area (Å²) in [5, 5.41) is 11.9. The van der Waals surface area contributed by atoms with Crippen molar-refractivity contribution in [2.45, 2.75) is 11.5 Å². The van der Waals surface area contributed by atoms with Gasteiger partial charge in [0.1, 0.15) is 5.58 Å². The molecule has 0 spiro atoms. The molecular weight excluding hydrogens is 462 g/mol. The van der Waals surface area contributed by atoms with Gasteiger partial charge in [0.2, 0.25) is 0 Å². The molecule has 0 N–H and O–H groups in total. The van der Waals surface area contributed by atoms with Crippen LogP contribution in [-0.4, -0.2) is 41.9 Å². The Labute approximate surface area is 207 Å². The third-order valence-electron chi connectivity index (χ3n) is 6.24. The van der Waals surface area contributed by atoms with E-state index >= 15 is 0 Å². The number of piperazine rings is 1. The molecule has 2 heterocycles. The van der Waals surface area contributed by atoms with Crippen molar-refractivity contribution in [1.29, 1.82) is 0 Å². The average Bonchev–Trinajstić information content (AvgIpc) is 3.27. The molecule has 7 nitrogen and oxygen atoms in total. The molecule has 8 heteroatoms. The Bertz CT molecular complexity index is 1330. The number of nitro groups is 1. The van der Waals surface area contributed by atoms with E-state index in [1.807, 2.05) is 47.4 Å². The van der Waals surface area contributed by atoms with Gasteiger partial charge in [0.25, 0.3) is 11.6 Å². The summed E-state index contributed by atoms with van der Waals surface area (Å²) in [6, 6.07) is 24.7. The Hall–Kier alpha value is -3.78. The van der Waals surface area contributed by atoms with E-state index in [1.54, 1.807) is 23.9 Å². The molecule has 0 aliphatic carbocycles. The van der Waals surface area contributed by atoms with Crippen molar-refractivity contribution in [3.8, 4) is 0 Å². The average molecular weight is 488 g/mol. The number of hydrogen-bond acceptors (Lipinski definition) is 6. The number of amides is 1. The number of nitrogens with zero attached hydrogens (tertiary/aromatic N) is 3. The summed E-state index contributed by atoms with van der Waals surface area (Å²) in [6.45, 7) is 2.43. The van der Waals surface area contributed by atoms with E-state index in [9.17, 15) is 14.9 Å². The van der Waals surface area contributed by atoms with Crippen LogP contribution in [0.4, 0.5) is 11.4 Å². The summed E-state index contributed by atoms with van der Waals surface area (Å²) < 4.78 is 6.08. The van der Waals surface area contributed by atoms with Gasteiger partial charge in [0.05, 0.1) is 4.92 Å². The summed E-state index contributed by atoms with van der Waals surface area (Å²) in [5.74, 6) is 1.90. The zero-order valence-electron chi connectivity index (χ0n) is 19.1. The standard InChI is InChI=1S/C27H25N3O4S/c31-27(29-16-14-28(15-17-29)21-10-12-22(13-11-21)30(32)33)26-24(23-8-4-5-9-25(23)34-26)19-35-18-20-6-2-1-3-7-20/h1-13H,14-19H2. The van der Waals surface area contributed by atoms with E-state index in [1.165, 1.54) is 17.7 Å². The minimum absolute atomic E-state index is 0.0742. The predicted octanol–water partition coefficient (Wildman–Crippen LogP) is 5.74. The third-order valence-corrected chi connectivity index (χ3v) is 7.27. The molecule has 0 saturated carbocycles. The Morgan fingerprint density at radius 3 is 2.29 bits per heavy atom. The van der Waals surface area contributed by atoms with Gasteiger partial charge < -0.3 is 14.2 Å². The van der Waals surface area contributed by atoms with E-state index in [0.29, 0.717) is 37.7 Å². The number of benzene rings is 3. The van der Waals surface area contributed by atoms with Crippen LogP contribution in [0.25, 0.3) is 11.0 Å². The Morgan fingerprint density at radius 2 is 1.57 bits per heavy atom. The molecule has 4 aromatic rings. The molecule has 178 valence electrons. The monoisotopic (exact) mass is 487 g/mol. The SMILES string of the molecule is O=C(c1oc2ccccc2c1CSCc1ccccc1)N1CCN(c2ccc([N+](=O)[O-])cc2)CC1. The van der Waals surface area contributed by atoms with E-state index < -0.39 is 4.92 Å². The Kier molecular flexibility index (Phi) is 6.72. The highest BCUT2D eigenvalue weighted by atomic mass is 32.2. The van der Waals surface area contributed by atoms with Crippen molar-refractivity contribution in [2.24, 2.45) is 0 Å². The number of anilines is 1. The van der Waals surface area contributed by atoms with Crippen LogP contribution in [0.5, 0.6) is 0 Å². The van der Waals surface area contributed by atoms with Crippen molar-refractivity contribution in [1.82, 2.24) is 4.90 Å². The fourth-order valence-corrected chi connectivity index (χ4v) is 5.38. The smallest absolute Gasteiger partial charge is 0.290 e. The minimum atomic E-state index is -0.399. The van der Waals surface area contributed by atoms with E-state index in [2.05, 4.69) is 17.0 Å². The van der Waals surface area contributed by atoms with Crippen LogP contribution in [0.1, 0.15) is 21.7 Å². The quantitative estimate of drug-likeness (QED) is 0.244. The summed E-state index contributed by atoms with van der Waals surface area (Å²) in [4.78, 5) is 28.0. The van der Waals surface area contributed by atoms with Crippen molar-refractivity contribution in [2.75, 3.05) is 31.1 Å². The van der Waals surface area contributed by atoms with Gasteiger partial charge in [0, 0.05) is 66.5 Å². The maximum atomic E-state index is 13.5. The molecule has 35 heavy (non-hydrogen) atoms. The number of furan rings is 1. The van der Waals surface area contributed by atoms with Crippen LogP contribution >= 0.6 is 11.8 Å². The molecule has 1 amide bonds. The number of para-hydroxylation sites is 1. The summed E-state index contributed by atoms with van der Waals surface area (Å²) in [7, 11) is 0. The van der Waals surface area contributed by atoms with Gasteiger partial charge in [-0.2, -0.15) is 11.8 Å². The lowest BCUT2D eigenvalue weighted by atomic mass is 10.1. The first kappa shape index (κ1) is 23.0. The number of thioether (sulfide) groups is 1. The van der Waals surface area contributed by atoms with Crippen molar-refractivity contribution in [3.05, 3.63) is 106 Å². The van der Waals surface area contributed by atoms with Gasteiger partial charge in [-0.1, -0.05) is 48.5 Å². The molecule has 1 aliphatic heterocycles. The first-order valence-electron chi connectivity index (χ1n) is 11.5. The molecule has 0 atom stereocenters. The highest BCUT2D eigenvalue weighted by molar-refractivity contribution is 7.97. The maximum absolute atomic E-state index is 13.5. The number of carbonyl (C=O) groups is 1. The van der Waals surface area contributed by atoms with E-state index in [4.69, 9.17) is 4.42 Å². The molecule has 0 unspecified atom stereocenters. The molecule has 0 bridgehead atoms. The summed E-state index contributed by atoms with van der Waals surface area (Å²) >= 11 is 1.77. The van der Waals surface area contributed by atoms with Crippen LogP contribution in [0, 0.1) is 10.1 Å². The van der Waals surface area contributed by atoms with Crippen LogP contribution in [0.2, 0.25) is 0 Å². The zero-order chi connectivity index (χ0) is 24.2. The number of non-ortho nitro benzene ring substituents is 1. The number of hydrogen-bond donors (Lipinski definition) is 0. The molecule has 3 aromatic carbocycles. The number of nitro benzene ring substituents is 1. The van der Waals surface area contributed by atoms with Crippen LogP contribution < -0.4 is 4.90 Å². The largest absolute Gasteiger partial charge is 0.451 e. The fraction of sp³-hybridized carbons (Fsp3) is 0.222. The normalized spacial score (nSPS) is 13.8. The lowest BCUT2D eigenvalue weighted by Gasteiger charge is -2.35. The second-order valence-electron chi connectivity index (χ2n) is 8.44. The van der Waals surface area contributed by atoms with Crippen LogP contribution in [0.15, 0.2) is 83.3 Å². The number of carbonyl (C=O) groups excluding carboxylic acids is 1. The zero-order valence-corrected chi connectivity index (χ0v) is 19.9. The van der Waals surface area contributed by atoms with Crippen molar-refractivity contribution in [3.63, 3.8) is 0 Å². The van der Waals surface area contributed by atoms with Gasteiger partial charge in [-0.15, -0.1) is 0 Å². The van der Waals surface area contributed by atoms with E-state index in [0.717, 1.165) is 28.0 Å². The molecule has 1 aliphatic rings. The molecule has 5 rings (SSSR count). The van der Waals surface area contributed by atoms with Crippen molar-refractivity contribution < 1.29 is 14.1 Å². The van der Waals surface area contributed by atoms with Crippen LogP contribution in [0.3, 0.4) is 0 Å². The maximum Gasteiger partial charge on any atom is 0.290 e. The highest BCUT2D eigenvalue weighted by Gasteiger charge is 2.28. The second kappa shape index (κ2) is 10.2. The summed E-state index contributed by atoms with van der Waals surface area (Å²) in [5.41, 5.74) is 3.93.